The van der Waals surface area contributed by atoms with E-state index in [1.54, 1.807) is 0 Å². The maximum atomic E-state index is 12.4. The molecule has 4 unspecified atom stereocenters. The Morgan fingerprint density at radius 3 is 2.41 bits per heavy atom. The normalized spacial score (nSPS) is 34.0. The van der Waals surface area contributed by atoms with Gasteiger partial charge in [0.1, 0.15) is 12.2 Å². The van der Waals surface area contributed by atoms with Crippen LogP contribution in [0.3, 0.4) is 0 Å². The zero-order chi connectivity index (χ0) is 16.1. The molecule has 1 saturated heterocycles. The predicted molar refractivity (Wildman–Crippen MR) is 82.3 cm³/mol. The van der Waals surface area contributed by atoms with Crippen molar-refractivity contribution in [3.05, 3.63) is 35.9 Å². The molecule has 1 aliphatic carbocycles. The summed E-state index contributed by atoms with van der Waals surface area (Å²) in [5.74, 6) is -0.887. The number of benzene rings is 1. The van der Waals surface area contributed by atoms with Crippen molar-refractivity contribution in [1.29, 1.82) is 0 Å². The maximum absolute atomic E-state index is 12.4. The molecule has 0 spiro atoms. The van der Waals surface area contributed by atoms with Gasteiger partial charge in [-0.05, 0) is 33.3 Å². The van der Waals surface area contributed by atoms with E-state index >= 15 is 0 Å². The molecule has 4 heteroatoms. The molecule has 1 aromatic carbocycles. The SMILES string of the molecule is CC1C(=O)C2OC(C)(C)OC2C1OC(C)(C)c1ccccc1. The molecule has 1 aliphatic heterocycles. The van der Waals surface area contributed by atoms with E-state index < -0.39 is 17.5 Å². The smallest absolute Gasteiger partial charge is 0.169 e. The van der Waals surface area contributed by atoms with Crippen LogP contribution in [0.2, 0.25) is 0 Å². The molecular weight excluding hydrogens is 280 g/mol. The third-order valence-electron chi connectivity index (χ3n) is 4.57. The second-order valence-corrected chi connectivity index (χ2v) is 7.17. The average Bonchev–Trinajstić information content (AvgIpc) is 2.88. The molecule has 0 N–H and O–H groups in total. The van der Waals surface area contributed by atoms with E-state index in [1.807, 2.05) is 65.0 Å². The lowest BCUT2D eigenvalue weighted by Gasteiger charge is -2.33. The second-order valence-electron chi connectivity index (χ2n) is 7.17. The molecule has 2 fully saturated rings. The highest BCUT2D eigenvalue weighted by Crippen LogP contribution is 2.42. The Hall–Kier alpha value is -1.23. The van der Waals surface area contributed by atoms with Gasteiger partial charge in [-0.2, -0.15) is 0 Å². The number of hydrogen-bond donors (Lipinski definition) is 0. The van der Waals surface area contributed by atoms with Gasteiger partial charge in [0.05, 0.1) is 11.7 Å². The number of rotatable bonds is 3. The maximum Gasteiger partial charge on any atom is 0.169 e. The van der Waals surface area contributed by atoms with Crippen LogP contribution in [0.15, 0.2) is 30.3 Å². The molecule has 4 atom stereocenters. The monoisotopic (exact) mass is 304 g/mol. The molecule has 22 heavy (non-hydrogen) atoms. The minimum atomic E-state index is -0.733. The van der Waals surface area contributed by atoms with Crippen molar-refractivity contribution in [2.75, 3.05) is 0 Å². The molecule has 1 aromatic rings. The van der Waals surface area contributed by atoms with Crippen LogP contribution in [-0.2, 0) is 24.6 Å². The minimum absolute atomic E-state index is 0.0736. The Balaban J connectivity index is 1.84. The van der Waals surface area contributed by atoms with Crippen LogP contribution in [0.25, 0.3) is 0 Å². The van der Waals surface area contributed by atoms with E-state index in [9.17, 15) is 4.79 Å². The van der Waals surface area contributed by atoms with Gasteiger partial charge in [0.2, 0.25) is 0 Å². The first-order chi connectivity index (χ1) is 10.2. The zero-order valence-electron chi connectivity index (χ0n) is 13.8. The van der Waals surface area contributed by atoms with Crippen molar-refractivity contribution < 1.29 is 19.0 Å². The van der Waals surface area contributed by atoms with Crippen LogP contribution in [0.4, 0.5) is 0 Å². The summed E-state index contributed by atoms with van der Waals surface area (Å²) in [4.78, 5) is 12.4. The van der Waals surface area contributed by atoms with Crippen molar-refractivity contribution >= 4 is 5.78 Å². The number of carbonyl (C=O) groups excluding carboxylic acids is 1. The quantitative estimate of drug-likeness (QED) is 0.861. The number of ether oxygens (including phenoxy) is 3. The van der Waals surface area contributed by atoms with Gasteiger partial charge < -0.3 is 14.2 Å². The first-order valence-electron chi connectivity index (χ1n) is 7.84. The van der Waals surface area contributed by atoms with E-state index in [0.717, 1.165) is 5.56 Å². The average molecular weight is 304 g/mol. The van der Waals surface area contributed by atoms with E-state index in [1.165, 1.54) is 0 Å². The molecule has 1 heterocycles. The third kappa shape index (κ3) is 2.60. The largest absolute Gasteiger partial charge is 0.364 e. The van der Waals surface area contributed by atoms with Crippen LogP contribution >= 0.6 is 0 Å². The minimum Gasteiger partial charge on any atom is -0.364 e. The first-order valence-corrected chi connectivity index (χ1v) is 7.84. The van der Waals surface area contributed by atoms with Crippen molar-refractivity contribution in [2.24, 2.45) is 5.92 Å². The molecule has 0 radical (unpaired) electrons. The van der Waals surface area contributed by atoms with Crippen LogP contribution in [0.1, 0.15) is 40.2 Å². The highest BCUT2D eigenvalue weighted by Gasteiger charge is 2.58. The third-order valence-corrected chi connectivity index (χ3v) is 4.57. The van der Waals surface area contributed by atoms with Crippen molar-refractivity contribution in [1.82, 2.24) is 0 Å². The van der Waals surface area contributed by atoms with Gasteiger partial charge in [0.25, 0.3) is 0 Å². The molecule has 3 rings (SSSR count). The first kappa shape index (κ1) is 15.7. The predicted octanol–water partition coefficient (Wildman–Crippen LogP) is 3.05. The van der Waals surface area contributed by atoms with E-state index in [0.29, 0.717) is 0 Å². The van der Waals surface area contributed by atoms with Crippen molar-refractivity contribution in [2.45, 2.75) is 64.3 Å². The fourth-order valence-corrected chi connectivity index (χ4v) is 3.37. The van der Waals surface area contributed by atoms with E-state index in [-0.39, 0.29) is 23.9 Å². The Kier molecular flexibility index (Phi) is 3.67. The lowest BCUT2D eigenvalue weighted by molar-refractivity contribution is -0.190. The lowest BCUT2D eigenvalue weighted by atomic mass is 9.96. The summed E-state index contributed by atoms with van der Waals surface area (Å²) < 4.78 is 18.0. The van der Waals surface area contributed by atoms with Crippen LogP contribution in [0.5, 0.6) is 0 Å². The molecule has 120 valence electrons. The van der Waals surface area contributed by atoms with Gasteiger partial charge in [0, 0.05) is 5.92 Å². The standard InChI is InChI=1S/C18H24O4/c1-11-13(19)15-16(22-18(4,5)21-15)14(11)20-17(2,3)12-9-7-6-8-10-12/h6-11,14-16H,1-5H3. The lowest BCUT2D eigenvalue weighted by Crippen LogP contribution is -2.39. The van der Waals surface area contributed by atoms with Crippen LogP contribution in [0, 0.1) is 5.92 Å². The number of fused-ring (bicyclic) bond motifs is 1. The summed E-state index contributed by atoms with van der Waals surface area (Å²) in [6.07, 6.45) is -1.14. The van der Waals surface area contributed by atoms with Gasteiger partial charge in [-0.25, -0.2) is 0 Å². The number of carbonyl (C=O) groups is 1. The van der Waals surface area contributed by atoms with Gasteiger partial charge >= 0.3 is 0 Å². The van der Waals surface area contributed by atoms with Crippen LogP contribution < -0.4 is 0 Å². The summed E-state index contributed by atoms with van der Waals surface area (Å²) in [6.45, 7) is 9.61. The number of ketones is 1. The fraction of sp³-hybridized carbons (Fsp3) is 0.611. The van der Waals surface area contributed by atoms with Gasteiger partial charge in [0.15, 0.2) is 11.6 Å². The fourth-order valence-electron chi connectivity index (χ4n) is 3.37. The summed E-state index contributed by atoms with van der Waals surface area (Å²) >= 11 is 0. The van der Waals surface area contributed by atoms with Gasteiger partial charge in [-0.1, -0.05) is 37.3 Å². The van der Waals surface area contributed by atoms with Gasteiger partial charge in [-0.3, -0.25) is 4.79 Å². The molecule has 2 aliphatic rings. The highest BCUT2D eigenvalue weighted by molar-refractivity contribution is 5.89. The van der Waals surface area contributed by atoms with Crippen molar-refractivity contribution in [3.8, 4) is 0 Å². The molecule has 1 saturated carbocycles. The second kappa shape index (κ2) is 5.15. The molecule has 4 nitrogen and oxygen atoms in total. The summed E-state index contributed by atoms with van der Waals surface area (Å²) in [5, 5.41) is 0. The number of Topliss-reactive ketones (excluding diaryl/α,β-unsaturated/α-hetero) is 1. The van der Waals surface area contributed by atoms with E-state index in [2.05, 4.69) is 0 Å². The summed E-state index contributed by atoms with van der Waals surface area (Å²) in [6, 6.07) is 10.0. The molecule has 0 amide bonds. The molecule has 0 aromatic heterocycles. The summed E-state index contributed by atoms with van der Waals surface area (Å²) in [7, 11) is 0. The Labute approximate surface area is 131 Å². The molecular formula is C18H24O4. The highest BCUT2D eigenvalue weighted by atomic mass is 16.8. The number of hydrogen-bond acceptors (Lipinski definition) is 4. The topological polar surface area (TPSA) is 44.8 Å². The summed E-state index contributed by atoms with van der Waals surface area (Å²) in [5.41, 5.74) is 0.585. The van der Waals surface area contributed by atoms with Gasteiger partial charge in [-0.15, -0.1) is 0 Å². The zero-order valence-corrected chi connectivity index (χ0v) is 13.8. The Morgan fingerprint density at radius 1 is 1.14 bits per heavy atom. The Bertz CT molecular complexity index is 564. The van der Waals surface area contributed by atoms with Crippen molar-refractivity contribution in [3.63, 3.8) is 0 Å². The van der Waals surface area contributed by atoms with E-state index in [4.69, 9.17) is 14.2 Å². The molecule has 0 bridgehead atoms. The Morgan fingerprint density at radius 2 is 1.77 bits per heavy atom. The van der Waals surface area contributed by atoms with Crippen LogP contribution in [-0.4, -0.2) is 29.9 Å².